The molecule has 7 heteroatoms. The Hall–Kier alpha value is -3.84. The number of aromatic hydroxyl groups is 1. The van der Waals surface area contributed by atoms with Crippen LogP contribution in [-0.4, -0.2) is 54.1 Å². The molecule has 2 aromatic carbocycles. The molecule has 0 aliphatic carbocycles. The van der Waals surface area contributed by atoms with E-state index in [0.717, 1.165) is 37.6 Å². The number of rotatable bonds is 5. The fourth-order valence-electron chi connectivity index (χ4n) is 4.28. The SMILES string of the molecule is COc1ccccc1/C=C1\Oc2c(ccc(O)c2CN2CCN(c3ccccn3)CC2)C1=O. The van der Waals surface area contributed by atoms with Crippen LogP contribution >= 0.6 is 0 Å². The van der Waals surface area contributed by atoms with Crippen molar-refractivity contribution in [3.63, 3.8) is 0 Å². The zero-order chi connectivity index (χ0) is 22.8. The lowest BCUT2D eigenvalue weighted by Gasteiger charge is -2.35. The number of phenols is 1. The number of ether oxygens (including phenoxy) is 2. The number of para-hydroxylation sites is 1. The maximum atomic E-state index is 13.0. The summed E-state index contributed by atoms with van der Waals surface area (Å²) in [4.78, 5) is 21.9. The molecule has 1 saturated heterocycles. The molecule has 7 nitrogen and oxygen atoms in total. The van der Waals surface area contributed by atoms with E-state index in [0.29, 0.717) is 29.2 Å². The van der Waals surface area contributed by atoms with Crippen molar-refractivity contribution in [1.82, 2.24) is 9.88 Å². The van der Waals surface area contributed by atoms with Crippen molar-refractivity contribution >= 4 is 17.7 Å². The Morgan fingerprint density at radius 2 is 1.85 bits per heavy atom. The van der Waals surface area contributed by atoms with Crippen LogP contribution in [0.4, 0.5) is 5.82 Å². The highest BCUT2D eigenvalue weighted by atomic mass is 16.5. The zero-order valence-corrected chi connectivity index (χ0v) is 18.4. The Kier molecular flexibility index (Phi) is 5.71. The van der Waals surface area contributed by atoms with Crippen LogP contribution in [0.5, 0.6) is 17.2 Å². The quantitative estimate of drug-likeness (QED) is 0.602. The van der Waals surface area contributed by atoms with Crippen molar-refractivity contribution in [2.45, 2.75) is 6.54 Å². The third-order valence-electron chi connectivity index (χ3n) is 6.07. The molecule has 1 fully saturated rings. The van der Waals surface area contributed by atoms with E-state index in [4.69, 9.17) is 9.47 Å². The number of piperazine rings is 1. The third-order valence-corrected chi connectivity index (χ3v) is 6.07. The average molecular weight is 444 g/mol. The number of phenolic OH excluding ortho intramolecular Hbond substituents is 1. The lowest BCUT2D eigenvalue weighted by atomic mass is 10.0. The van der Waals surface area contributed by atoms with Crippen LogP contribution in [0, 0.1) is 0 Å². The molecule has 33 heavy (non-hydrogen) atoms. The van der Waals surface area contributed by atoms with Gasteiger partial charge in [0.15, 0.2) is 5.76 Å². The summed E-state index contributed by atoms with van der Waals surface area (Å²) in [5.74, 6) is 2.23. The van der Waals surface area contributed by atoms with Crippen molar-refractivity contribution in [2.24, 2.45) is 0 Å². The van der Waals surface area contributed by atoms with Gasteiger partial charge in [-0.3, -0.25) is 9.69 Å². The molecule has 0 atom stereocenters. The fraction of sp³-hybridized carbons (Fsp3) is 0.231. The number of aromatic nitrogens is 1. The van der Waals surface area contributed by atoms with Gasteiger partial charge >= 0.3 is 0 Å². The van der Waals surface area contributed by atoms with Crippen molar-refractivity contribution in [1.29, 1.82) is 0 Å². The molecule has 5 rings (SSSR count). The standard InChI is InChI=1S/C26H25N3O4/c1-32-22-7-3-2-6-18(22)16-23-25(31)19-9-10-21(30)20(26(19)33-23)17-28-12-14-29(15-13-28)24-8-4-5-11-27-24/h2-11,16,30H,12-15,17H2,1H3/b23-16-. The minimum atomic E-state index is -0.197. The number of Topliss-reactive ketones (excluding diaryl/α,β-unsaturated/α-hetero) is 1. The number of ketones is 1. The number of carbonyl (C=O) groups excluding carboxylic acids is 1. The van der Waals surface area contributed by atoms with Gasteiger partial charge in [-0.1, -0.05) is 24.3 Å². The predicted octanol–water partition coefficient (Wildman–Crippen LogP) is 3.73. The summed E-state index contributed by atoms with van der Waals surface area (Å²) in [7, 11) is 1.59. The molecule has 0 saturated carbocycles. The van der Waals surface area contributed by atoms with E-state index >= 15 is 0 Å². The lowest BCUT2D eigenvalue weighted by Crippen LogP contribution is -2.46. The Labute approximate surface area is 192 Å². The molecule has 1 N–H and O–H groups in total. The number of hydrogen-bond acceptors (Lipinski definition) is 7. The van der Waals surface area contributed by atoms with Gasteiger partial charge in [0.25, 0.3) is 0 Å². The second-order valence-corrected chi connectivity index (χ2v) is 8.07. The summed E-state index contributed by atoms with van der Waals surface area (Å²) in [6, 6.07) is 16.6. The smallest absolute Gasteiger partial charge is 0.231 e. The monoisotopic (exact) mass is 443 g/mol. The number of nitrogens with zero attached hydrogens (tertiary/aromatic N) is 3. The molecule has 168 valence electrons. The Morgan fingerprint density at radius 3 is 2.61 bits per heavy atom. The molecule has 0 bridgehead atoms. The molecular formula is C26H25N3O4. The largest absolute Gasteiger partial charge is 0.507 e. The van der Waals surface area contributed by atoms with Crippen molar-refractivity contribution in [3.8, 4) is 17.2 Å². The van der Waals surface area contributed by atoms with E-state index in [9.17, 15) is 9.90 Å². The first-order valence-electron chi connectivity index (χ1n) is 10.9. The average Bonchev–Trinajstić information content (AvgIpc) is 3.17. The number of carbonyl (C=O) groups is 1. The van der Waals surface area contributed by atoms with Gasteiger partial charge in [-0.25, -0.2) is 4.98 Å². The predicted molar refractivity (Wildman–Crippen MR) is 126 cm³/mol. The van der Waals surface area contributed by atoms with Crippen LogP contribution in [0.2, 0.25) is 0 Å². The van der Waals surface area contributed by atoms with Gasteiger partial charge < -0.3 is 19.5 Å². The van der Waals surface area contributed by atoms with Gasteiger partial charge in [-0.15, -0.1) is 0 Å². The molecule has 3 aromatic rings. The highest BCUT2D eigenvalue weighted by Crippen LogP contribution is 2.40. The normalized spacial score (nSPS) is 17.2. The molecule has 2 aliphatic rings. The fourth-order valence-corrected chi connectivity index (χ4v) is 4.28. The Bertz CT molecular complexity index is 1200. The summed E-state index contributed by atoms with van der Waals surface area (Å²) < 4.78 is 11.4. The number of anilines is 1. The highest BCUT2D eigenvalue weighted by molar-refractivity contribution is 6.15. The van der Waals surface area contributed by atoms with E-state index in [1.54, 1.807) is 31.5 Å². The summed E-state index contributed by atoms with van der Waals surface area (Å²) in [5, 5.41) is 10.6. The Morgan fingerprint density at radius 1 is 1.06 bits per heavy atom. The molecule has 0 unspecified atom stereocenters. The van der Waals surface area contributed by atoms with Crippen molar-refractivity contribution in [2.75, 3.05) is 38.2 Å². The molecular weight excluding hydrogens is 418 g/mol. The first kappa shape index (κ1) is 21.0. The van der Waals surface area contributed by atoms with Gasteiger partial charge in [-0.05, 0) is 36.4 Å². The molecule has 0 spiro atoms. The Balaban J connectivity index is 1.35. The maximum Gasteiger partial charge on any atom is 0.231 e. The molecule has 3 heterocycles. The van der Waals surface area contributed by atoms with Crippen LogP contribution in [0.3, 0.4) is 0 Å². The van der Waals surface area contributed by atoms with Crippen LogP contribution < -0.4 is 14.4 Å². The molecule has 0 radical (unpaired) electrons. The van der Waals surface area contributed by atoms with Crippen LogP contribution in [0.15, 0.2) is 66.6 Å². The van der Waals surface area contributed by atoms with Gasteiger partial charge in [-0.2, -0.15) is 0 Å². The second kappa shape index (κ2) is 8.96. The van der Waals surface area contributed by atoms with Crippen molar-refractivity contribution < 1.29 is 19.4 Å². The first-order valence-corrected chi connectivity index (χ1v) is 10.9. The number of hydrogen-bond donors (Lipinski definition) is 1. The minimum absolute atomic E-state index is 0.132. The number of allylic oxidation sites excluding steroid dienone is 1. The highest BCUT2D eigenvalue weighted by Gasteiger charge is 2.32. The number of methoxy groups -OCH3 is 1. The van der Waals surface area contributed by atoms with E-state index < -0.39 is 0 Å². The molecule has 0 amide bonds. The lowest BCUT2D eigenvalue weighted by molar-refractivity contribution is 0.101. The van der Waals surface area contributed by atoms with Crippen LogP contribution in [0.1, 0.15) is 21.5 Å². The van der Waals surface area contributed by atoms with Gasteiger partial charge in [0, 0.05) is 44.5 Å². The third kappa shape index (κ3) is 4.15. The summed E-state index contributed by atoms with van der Waals surface area (Å²) >= 11 is 0. The van der Waals surface area contributed by atoms with Gasteiger partial charge in [0.05, 0.1) is 18.2 Å². The zero-order valence-electron chi connectivity index (χ0n) is 18.4. The summed E-state index contributed by atoms with van der Waals surface area (Å²) in [5.41, 5.74) is 1.86. The van der Waals surface area contributed by atoms with Gasteiger partial charge in [0.1, 0.15) is 23.1 Å². The summed E-state index contributed by atoms with van der Waals surface area (Å²) in [6.45, 7) is 3.81. The van der Waals surface area contributed by atoms with E-state index in [-0.39, 0.29) is 17.3 Å². The number of benzene rings is 2. The number of fused-ring (bicyclic) bond motifs is 1. The van der Waals surface area contributed by atoms with E-state index in [2.05, 4.69) is 14.8 Å². The molecule has 1 aromatic heterocycles. The minimum Gasteiger partial charge on any atom is -0.507 e. The van der Waals surface area contributed by atoms with Gasteiger partial charge in [0.2, 0.25) is 5.78 Å². The number of pyridine rings is 1. The van der Waals surface area contributed by atoms with Crippen LogP contribution in [-0.2, 0) is 6.54 Å². The van der Waals surface area contributed by atoms with E-state index in [1.807, 2.05) is 42.5 Å². The van der Waals surface area contributed by atoms with Crippen molar-refractivity contribution in [3.05, 3.63) is 83.2 Å². The topological polar surface area (TPSA) is 75.1 Å². The second-order valence-electron chi connectivity index (χ2n) is 8.07. The maximum absolute atomic E-state index is 13.0. The summed E-state index contributed by atoms with van der Waals surface area (Å²) in [6.07, 6.45) is 3.49. The van der Waals surface area contributed by atoms with E-state index in [1.165, 1.54) is 0 Å². The first-order chi connectivity index (χ1) is 16.1. The molecule has 2 aliphatic heterocycles. The van der Waals surface area contributed by atoms with Crippen LogP contribution in [0.25, 0.3) is 6.08 Å².